The summed E-state index contributed by atoms with van der Waals surface area (Å²) in [6, 6.07) is 14.6. The van der Waals surface area contributed by atoms with Gasteiger partial charge in [0.2, 0.25) is 0 Å². The van der Waals surface area contributed by atoms with Gasteiger partial charge in [0.15, 0.2) is 0 Å². The molecule has 3 rings (SSSR count). The van der Waals surface area contributed by atoms with Gasteiger partial charge in [-0.2, -0.15) is 0 Å². The first-order valence-electron chi connectivity index (χ1n) is 6.96. The highest BCUT2D eigenvalue weighted by molar-refractivity contribution is 6.31. The number of aromatic nitrogens is 1. The fraction of sp³-hybridized carbons (Fsp3) is 0.167. The molecule has 1 N–H and O–H groups in total. The molecule has 0 aliphatic heterocycles. The number of fused-ring (bicyclic) bond motifs is 1. The Morgan fingerprint density at radius 2 is 1.90 bits per heavy atom. The Bertz CT molecular complexity index is 778. The second kappa shape index (κ2) is 5.84. The van der Waals surface area contributed by atoms with Crippen LogP contribution in [-0.2, 0) is 0 Å². The SMILES string of the molecule is CNC(c1ccc(Cl)c(C)c1)c1cncc2ccccc12. The summed E-state index contributed by atoms with van der Waals surface area (Å²) in [6.45, 7) is 2.03. The predicted octanol–water partition coefficient (Wildman–Crippen LogP) is 4.51. The molecule has 21 heavy (non-hydrogen) atoms. The minimum absolute atomic E-state index is 0.0968. The maximum Gasteiger partial charge on any atom is 0.0595 e. The monoisotopic (exact) mass is 296 g/mol. The summed E-state index contributed by atoms with van der Waals surface area (Å²) in [5.41, 5.74) is 3.46. The molecule has 0 saturated heterocycles. The summed E-state index contributed by atoms with van der Waals surface area (Å²) in [5.74, 6) is 0. The quantitative estimate of drug-likeness (QED) is 0.769. The highest BCUT2D eigenvalue weighted by atomic mass is 35.5. The zero-order valence-corrected chi connectivity index (χ0v) is 12.9. The van der Waals surface area contributed by atoms with Crippen LogP contribution in [0.15, 0.2) is 54.9 Å². The first-order chi connectivity index (χ1) is 10.2. The summed E-state index contributed by atoms with van der Waals surface area (Å²) < 4.78 is 0. The van der Waals surface area contributed by atoms with Crippen molar-refractivity contribution >= 4 is 22.4 Å². The molecule has 2 nitrogen and oxygen atoms in total. The van der Waals surface area contributed by atoms with Crippen molar-refractivity contribution in [2.24, 2.45) is 0 Å². The number of rotatable bonds is 3. The molecule has 0 aliphatic carbocycles. The number of nitrogens with one attached hydrogen (secondary N) is 1. The van der Waals surface area contributed by atoms with Gasteiger partial charge >= 0.3 is 0 Å². The van der Waals surface area contributed by atoms with E-state index in [1.165, 1.54) is 16.5 Å². The summed E-state index contributed by atoms with van der Waals surface area (Å²) in [4.78, 5) is 4.38. The molecule has 0 amide bonds. The Kier molecular flexibility index (Phi) is 3.91. The highest BCUT2D eigenvalue weighted by Gasteiger charge is 2.15. The van der Waals surface area contributed by atoms with Crippen LogP contribution >= 0.6 is 11.6 Å². The van der Waals surface area contributed by atoms with Crippen LogP contribution in [0.25, 0.3) is 10.8 Å². The molecule has 1 aromatic heterocycles. The van der Waals surface area contributed by atoms with Crippen molar-refractivity contribution in [1.29, 1.82) is 0 Å². The third kappa shape index (κ3) is 2.65. The minimum atomic E-state index is 0.0968. The van der Waals surface area contributed by atoms with E-state index in [0.717, 1.165) is 16.0 Å². The zero-order chi connectivity index (χ0) is 14.8. The lowest BCUT2D eigenvalue weighted by Crippen LogP contribution is -2.18. The van der Waals surface area contributed by atoms with Crippen LogP contribution in [0.4, 0.5) is 0 Å². The van der Waals surface area contributed by atoms with Crippen molar-refractivity contribution < 1.29 is 0 Å². The Labute approximate surface area is 129 Å². The van der Waals surface area contributed by atoms with Gasteiger partial charge in [0.05, 0.1) is 6.04 Å². The fourth-order valence-electron chi connectivity index (χ4n) is 2.72. The average Bonchev–Trinajstić information content (AvgIpc) is 2.52. The molecule has 0 aliphatic rings. The van der Waals surface area contributed by atoms with Gasteiger partial charge in [-0.25, -0.2) is 0 Å². The van der Waals surface area contributed by atoms with Crippen LogP contribution in [0, 0.1) is 6.92 Å². The molecule has 0 fully saturated rings. The molecular weight excluding hydrogens is 280 g/mol. The summed E-state index contributed by atoms with van der Waals surface area (Å²) >= 11 is 6.14. The third-order valence-corrected chi connectivity index (χ3v) is 4.24. The standard InChI is InChI=1S/C18H17ClN2/c1-12-9-13(7-8-17(12)19)18(20-2)16-11-21-10-14-5-3-4-6-15(14)16/h3-11,18,20H,1-2H3. The molecule has 3 heteroatoms. The number of halogens is 1. The molecule has 0 saturated carbocycles. The Hall–Kier alpha value is -1.90. The van der Waals surface area contributed by atoms with Gasteiger partial charge < -0.3 is 5.32 Å². The molecule has 0 bridgehead atoms. The third-order valence-electron chi connectivity index (χ3n) is 3.81. The van der Waals surface area contributed by atoms with Crippen LogP contribution in [0.1, 0.15) is 22.7 Å². The Balaban J connectivity index is 2.16. The number of pyridine rings is 1. The van der Waals surface area contributed by atoms with E-state index in [1.54, 1.807) is 0 Å². The smallest absolute Gasteiger partial charge is 0.0595 e. The van der Waals surface area contributed by atoms with Gasteiger partial charge in [-0.15, -0.1) is 0 Å². The lowest BCUT2D eigenvalue weighted by Gasteiger charge is -2.19. The van der Waals surface area contributed by atoms with Crippen LogP contribution in [0.3, 0.4) is 0 Å². The van der Waals surface area contributed by atoms with E-state index in [9.17, 15) is 0 Å². The molecule has 1 atom stereocenters. The van der Waals surface area contributed by atoms with Crippen LogP contribution in [0.5, 0.6) is 0 Å². The summed E-state index contributed by atoms with van der Waals surface area (Å²) in [6.07, 6.45) is 3.84. The van der Waals surface area contributed by atoms with Crippen LogP contribution in [-0.4, -0.2) is 12.0 Å². The molecule has 3 aromatic rings. The molecule has 1 unspecified atom stereocenters. The lowest BCUT2D eigenvalue weighted by atomic mass is 9.95. The fourth-order valence-corrected chi connectivity index (χ4v) is 2.84. The Morgan fingerprint density at radius 1 is 1.10 bits per heavy atom. The van der Waals surface area contributed by atoms with Gasteiger partial charge in [0.25, 0.3) is 0 Å². The molecular formula is C18H17ClN2. The molecule has 106 valence electrons. The van der Waals surface area contributed by atoms with E-state index in [-0.39, 0.29) is 6.04 Å². The largest absolute Gasteiger partial charge is 0.309 e. The molecule has 0 radical (unpaired) electrons. The molecule has 2 aromatic carbocycles. The summed E-state index contributed by atoms with van der Waals surface area (Å²) in [5, 5.41) is 6.56. The van der Waals surface area contributed by atoms with Crippen molar-refractivity contribution in [1.82, 2.24) is 10.3 Å². The topological polar surface area (TPSA) is 24.9 Å². The van der Waals surface area contributed by atoms with Gasteiger partial charge in [-0.3, -0.25) is 4.98 Å². The minimum Gasteiger partial charge on any atom is -0.309 e. The first kappa shape index (κ1) is 14.1. The molecule has 1 heterocycles. The lowest BCUT2D eigenvalue weighted by molar-refractivity contribution is 0.693. The second-order valence-corrected chi connectivity index (χ2v) is 5.59. The number of benzene rings is 2. The normalized spacial score (nSPS) is 12.5. The average molecular weight is 297 g/mol. The molecule has 0 spiro atoms. The van der Waals surface area contributed by atoms with E-state index >= 15 is 0 Å². The van der Waals surface area contributed by atoms with Gasteiger partial charge in [-0.1, -0.05) is 48.0 Å². The zero-order valence-electron chi connectivity index (χ0n) is 12.1. The maximum atomic E-state index is 6.14. The van der Waals surface area contributed by atoms with Crippen molar-refractivity contribution in [3.05, 3.63) is 76.6 Å². The second-order valence-electron chi connectivity index (χ2n) is 5.18. The van der Waals surface area contributed by atoms with Crippen molar-refractivity contribution in [3.8, 4) is 0 Å². The van der Waals surface area contributed by atoms with Crippen LogP contribution in [0.2, 0.25) is 5.02 Å². The van der Waals surface area contributed by atoms with E-state index in [4.69, 9.17) is 11.6 Å². The van der Waals surface area contributed by atoms with E-state index in [1.807, 2.05) is 38.5 Å². The van der Waals surface area contributed by atoms with Gasteiger partial charge in [0, 0.05) is 22.8 Å². The number of hydrogen-bond acceptors (Lipinski definition) is 2. The maximum absolute atomic E-state index is 6.14. The number of nitrogens with zero attached hydrogens (tertiary/aromatic N) is 1. The summed E-state index contributed by atoms with van der Waals surface area (Å²) in [7, 11) is 1.97. The van der Waals surface area contributed by atoms with E-state index < -0.39 is 0 Å². The van der Waals surface area contributed by atoms with E-state index in [2.05, 4.69) is 40.6 Å². The van der Waals surface area contributed by atoms with Crippen LogP contribution < -0.4 is 5.32 Å². The highest BCUT2D eigenvalue weighted by Crippen LogP contribution is 2.29. The predicted molar refractivity (Wildman–Crippen MR) is 88.8 cm³/mol. The number of aryl methyl sites for hydroxylation is 1. The Morgan fingerprint density at radius 3 is 2.67 bits per heavy atom. The van der Waals surface area contributed by atoms with Crippen molar-refractivity contribution in [3.63, 3.8) is 0 Å². The van der Waals surface area contributed by atoms with Crippen molar-refractivity contribution in [2.45, 2.75) is 13.0 Å². The van der Waals surface area contributed by atoms with Gasteiger partial charge in [-0.05, 0) is 42.1 Å². The van der Waals surface area contributed by atoms with Gasteiger partial charge in [0.1, 0.15) is 0 Å². The van der Waals surface area contributed by atoms with E-state index in [0.29, 0.717) is 0 Å². The first-order valence-corrected chi connectivity index (χ1v) is 7.34. The van der Waals surface area contributed by atoms with Crippen molar-refractivity contribution in [2.75, 3.05) is 7.05 Å². The number of hydrogen-bond donors (Lipinski definition) is 1.